The highest BCUT2D eigenvalue weighted by atomic mass is 19.1. The van der Waals surface area contributed by atoms with Crippen molar-refractivity contribution in [3.05, 3.63) is 0 Å². The summed E-state index contributed by atoms with van der Waals surface area (Å²) in [5.41, 5.74) is -0.667. The fraction of sp³-hybridized carbons (Fsp3) is 0.800. The van der Waals surface area contributed by atoms with Crippen LogP contribution in [0, 0.1) is 16.7 Å². The molecule has 0 amide bonds. The number of nitrogens with zero attached hydrogens (tertiary/aromatic N) is 1. The van der Waals surface area contributed by atoms with Crippen molar-refractivity contribution in [1.29, 1.82) is 5.26 Å². The Morgan fingerprint density at radius 2 is 2.38 bits per heavy atom. The highest BCUT2D eigenvalue weighted by molar-refractivity contribution is 5.07. The van der Waals surface area contributed by atoms with Crippen LogP contribution in [0.15, 0.2) is 0 Å². The fourth-order valence-corrected chi connectivity index (χ4v) is 0.630. The van der Waals surface area contributed by atoms with Gasteiger partial charge in [-0.3, -0.25) is 0 Å². The molecule has 1 N–H and O–H groups in total. The Morgan fingerprint density at radius 1 is 1.75 bits per heavy atom. The molecule has 0 aromatic heterocycles. The van der Waals surface area contributed by atoms with E-state index in [2.05, 4.69) is 5.32 Å². The van der Waals surface area contributed by atoms with Crippen LogP contribution < -0.4 is 5.32 Å². The van der Waals surface area contributed by atoms with Gasteiger partial charge in [-0.15, -0.1) is 0 Å². The van der Waals surface area contributed by atoms with Crippen molar-refractivity contribution >= 4 is 0 Å². The SMILES string of the molecule is N#CC1(CF)CNC1. The van der Waals surface area contributed by atoms with Crippen molar-refractivity contribution < 1.29 is 4.39 Å². The molecule has 1 aliphatic rings. The van der Waals surface area contributed by atoms with E-state index in [0.29, 0.717) is 13.1 Å². The molecule has 1 saturated heterocycles. The molecule has 0 saturated carbocycles. The Kier molecular flexibility index (Phi) is 1.18. The van der Waals surface area contributed by atoms with Gasteiger partial charge in [0, 0.05) is 13.1 Å². The maximum Gasteiger partial charge on any atom is 0.111 e. The van der Waals surface area contributed by atoms with Gasteiger partial charge in [0.25, 0.3) is 0 Å². The second-order valence-electron chi connectivity index (χ2n) is 2.13. The molecule has 2 nitrogen and oxygen atoms in total. The summed E-state index contributed by atoms with van der Waals surface area (Å²) >= 11 is 0. The first-order chi connectivity index (χ1) is 3.83. The van der Waals surface area contributed by atoms with E-state index in [4.69, 9.17) is 5.26 Å². The molecule has 0 aromatic rings. The van der Waals surface area contributed by atoms with Crippen LogP contribution in [0.1, 0.15) is 0 Å². The number of nitriles is 1. The predicted molar refractivity (Wildman–Crippen MR) is 26.9 cm³/mol. The van der Waals surface area contributed by atoms with Gasteiger partial charge < -0.3 is 5.32 Å². The molecule has 0 aliphatic carbocycles. The van der Waals surface area contributed by atoms with Gasteiger partial charge in [0.15, 0.2) is 0 Å². The minimum absolute atomic E-state index is 0.514. The molecule has 1 aliphatic heterocycles. The first kappa shape index (κ1) is 5.52. The van der Waals surface area contributed by atoms with E-state index < -0.39 is 12.1 Å². The third kappa shape index (κ3) is 0.577. The largest absolute Gasteiger partial charge is 0.313 e. The van der Waals surface area contributed by atoms with E-state index in [-0.39, 0.29) is 0 Å². The highest BCUT2D eigenvalue weighted by Crippen LogP contribution is 2.20. The highest BCUT2D eigenvalue weighted by Gasteiger charge is 2.36. The summed E-state index contributed by atoms with van der Waals surface area (Å²) in [5.74, 6) is 0. The van der Waals surface area contributed by atoms with Crippen LogP contribution in [0.3, 0.4) is 0 Å². The van der Waals surface area contributed by atoms with Crippen molar-refractivity contribution in [2.75, 3.05) is 19.8 Å². The summed E-state index contributed by atoms with van der Waals surface area (Å²) in [6, 6.07) is 1.93. The van der Waals surface area contributed by atoms with Crippen molar-refractivity contribution in [2.24, 2.45) is 5.41 Å². The fourth-order valence-electron chi connectivity index (χ4n) is 0.630. The van der Waals surface area contributed by atoms with Gasteiger partial charge in [0.2, 0.25) is 0 Å². The van der Waals surface area contributed by atoms with Crippen molar-refractivity contribution in [1.82, 2.24) is 5.32 Å². The van der Waals surface area contributed by atoms with Crippen LogP contribution >= 0.6 is 0 Å². The van der Waals surface area contributed by atoms with Crippen LogP contribution in [-0.4, -0.2) is 19.8 Å². The molecule has 0 radical (unpaired) electrons. The molecule has 3 heteroatoms. The second-order valence-corrected chi connectivity index (χ2v) is 2.13. The molecule has 1 rings (SSSR count). The number of alkyl halides is 1. The summed E-state index contributed by atoms with van der Waals surface area (Å²) in [7, 11) is 0. The minimum Gasteiger partial charge on any atom is -0.313 e. The normalized spacial score (nSPS) is 23.5. The van der Waals surface area contributed by atoms with Crippen LogP contribution in [-0.2, 0) is 0 Å². The summed E-state index contributed by atoms with van der Waals surface area (Å²) in [4.78, 5) is 0. The van der Waals surface area contributed by atoms with Gasteiger partial charge in [-0.1, -0.05) is 0 Å². The molecule has 1 heterocycles. The minimum atomic E-state index is -0.667. The number of rotatable bonds is 1. The maximum absolute atomic E-state index is 11.8. The summed E-state index contributed by atoms with van der Waals surface area (Å²) < 4.78 is 11.8. The average molecular weight is 114 g/mol. The number of nitrogens with one attached hydrogen (secondary N) is 1. The third-order valence-corrected chi connectivity index (χ3v) is 1.42. The standard InChI is InChI=1S/C5H7FN2/c6-1-5(2-7)3-8-4-5/h8H,1,3-4H2. The van der Waals surface area contributed by atoms with Crippen molar-refractivity contribution in [3.8, 4) is 6.07 Å². The molecule has 0 atom stereocenters. The van der Waals surface area contributed by atoms with Crippen LogP contribution in [0.4, 0.5) is 4.39 Å². The smallest absolute Gasteiger partial charge is 0.111 e. The summed E-state index contributed by atoms with van der Waals surface area (Å²) in [6.45, 7) is 0.510. The van der Waals surface area contributed by atoms with Crippen molar-refractivity contribution in [3.63, 3.8) is 0 Å². The molecule has 0 bridgehead atoms. The van der Waals surface area contributed by atoms with E-state index in [0.717, 1.165) is 0 Å². The number of halogens is 1. The van der Waals surface area contributed by atoms with Crippen LogP contribution in [0.2, 0.25) is 0 Å². The van der Waals surface area contributed by atoms with Crippen molar-refractivity contribution in [2.45, 2.75) is 0 Å². The Labute approximate surface area is 47.3 Å². The van der Waals surface area contributed by atoms with Gasteiger partial charge in [0.05, 0.1) is 6.07 Å². The summed E-state index contributed by atoms with van der Waals surface area (Å²) in [5, 5.41) is 11.1. The zero-order valence-electron chi connectivity index (χ0n) is 4.45. The molecule has 0 spiro atoms. The molecule has 0 aromatic carbocycles. The van der Waals surface area contributed by atoms with Gasteiger partial charge in [0.1, 0.15) is 12.1 Å². The number of hydrogen-bond donors (Lipinski definition) is 1. The Bertz CT molecular complexity index is 117. The van der Waals surface area contributed by atoms with E-state index >= 15 is 0 Å². The molecule has 0 unspecified atom stereocenters. The van der Waals surface area contributed by atoms with Gasteiger partial charge in [-0.05, 0) is 0 Å². The third-order valence-electron chi connectivity index (χ3n) is 1.42. The maximum atomic E-state index is 11.8. The molecule has 8 heavy (non-hydrogen) atoms. The van der Waals surface area contributed by atoms with Gasteiger partial charge >= 0.3 is 0 Å². The predicted octanol–water partition coefficient (Wildman–Crippen LogP) is 0.0691. The molecular formula is C5H7FN2. The van der Waals surface area contributed by atoms with Crippen LogP contribution in [0.25, 0.3) is 0 Å². The average Bonchev–Trinajstić information content (AvgIpc) is 1.67. The molecule has 1 fully saturated rings. The Morgan fingerprint density at radius 3 is 2.38 bits per heavy atom. The lowest BCUT2D eigenvalue weighted by atomic mass is 9.85. The van der Waals surface area contributed by atoms with Gasteiger partial charge in [-0.25, -0.2) is 4.39 Å². The second kappa shape index (κ2) is 1.71. The monoisotopic (exact) mass is 114 g/mol. The first-order valence-electron chi connectivity index (χ1n) is 2.51. The number of hydrogen-bond acceptors (Lipinski definition) is 2. The quantitative estimate of drug-likeness (QED) is 0.523. The van der Waals surface area contributed by atoms with Gasteiger partial charge in [-0.2, -0.15) is 5.26 Å². The lowest BCUT2D eigenvalue weighted by molar-refractivity contribution is 0.188. The van der Waals surface area contributed by atoms with E-state index in [9.17, 15) is 4.39 Å². The molecular weight excluding hydrogens is 107 g/mol. The van der Waals surface area contributed by atoms with Crippen LogP contribution in [0.5, 0.6) is 0 Å². The zero-order valence-corrected chi connectivity index (χ0v) is 4.45. The lowest BCUT2D eigenvalue weighted by Gasteiger charge is -2.33. The van der Waals surface area contributed by atoms with E-state index in [1.807, 2.05) is 6.07 Å². The Hall–Kier alpha value is -0.620. The Balaban J connectivity index is 2.49. The zero-order chi connectivity index (χ0) is 6.04. The van der Waals surface area contributed by atoms with E-state index in [1.54, 1.807) is 0 Å². The lowest BCUT2D eigenvalue weighted by Crippen LogP contribution is -2.53. The summed E-state index contributed by atoms with van der Waals surface area (Å²) in [6.07, 6.45) is 0. The first-order valence-corrected chi connectivity index (χ1v) is 2.51. The van der Waals surface area contributed by atoms with E-state index in [1.165, 1.54) is 0 Å². The molecule has 44 valence electrons. The topological polar surface area (TPSA) is 35.8 Å².